The van der Waals surface area contributed by atoms with Gasteiger partial charge in [-0.05, 0) is 30.5 Å². The van der Waals surface area contributed by atoms with E-state index in [-0.39, 0.29) is 0 Å². The van der Waals surface area contributed by atoms with Crippen molar-refractivity contribution in [3.63, 3.8) is 0 Å². The minimum Gasteiger partial charge on any atom is -0.384 e. The summed E-state index contributed by atoms with van der Waals surface area (Å²) in [4.78, 5) is 0.986. The second-order valence-electron chi connectivity index (χ2n) is 5.08. The Morgan fingerprint density at radius 1 is 1.32 bits per heavy atom. The first-order valence-corrected chi connectivity index (χ1v) is 7.06. The Kier molecular flexibility index (Phi) is 2.92. The highest BCUT2D eigenvalue weighted by molar-refractivity contribution is 7.19. The van der Waals surface area contributed by atoms with Gasteiger partial charge in [-0.1, -0.05) is 18.2 Å². The smallest absolute Gasteiger partial charge is 0.102 e. The molecule has 1 aromatic carbocycles. The van der Waals surface area contributed by atoms with Crippen molar-refractivity contribution in [1.29, 1.82) is 0 Å². The molecule has 1 N–H and O–H groups in total. The Balaban J connectivity index is 1.94. The van der Waals surface area contributed by atoms with E-state index in [0.717, 1.165) is 10.6 Å². The fourth-order valence-corrected chi connectivity index (χ4v) is 3.35. The molecule has 3 rings (SSSR count). The number of thiophene rings is 1. The van der Waals surface area contributed by atoms with Crippen molar-refractivity contribution in [2.24, 2.45) is 7.05 Å². The van der Waals surface area contributed by atoms with Gasteiger partial charge in [0.05, 0.1) is 5.69 Å². The number of fused-ring (bicyclic) bond motifs is 1. The van der Waals surface area contributed by atoms with Crippen LogP contribution in [0.1, 0.15) is 17.5 Å². The molecule has 0 bridgehead atoms. The van der Waals surface area contributed by atoms with E-state index in [4.69, 9.17) is 0 Å². The summed E-state index contributed by atoms with van der Waals surface area (Å²) in [6, 6.07) is 12.2. The third-order valence-electron chi connectivity index (χ3n) is 3.25. The molecule has 2 aromatic heterocycles. The lowest BCUT2D eigenvalue weighted by atomic mass is 9.98. The molecular weight excluding hydrogens is 256 g/mol. The lowest BCUT2D eigenvalue weighted by Gasteiger charge is -2.20. The summed E-state index contributed by atoms with van der Waals surface area (Å²) in [7, 11) is 1.89. The maximum atomic E-state index is 10.7. The number of benzene rings is 1. The standard InChI is InChI=1S/C15H16N2OS/c1-15(18,10-12-7-8-17(2)16-12)14-9-11-5-3-4-6-13(11)19-14/h3-9,18H,10H2,1-2H3. The van der Waals surface area contributed by atoms with E-state index in [1.807, 2.05) is 38.4 Å². The average molecular weight is 272 g/mol. The van der Waals surface area contributed by atoms with Crippen LogP contribution in [0.3, 0.4) is 0 Å². The zero-order valence-corrected chi connectivity index (χ0v) is 11.8. The molecule has 0 spiro atoms. The monoisotopic (exact) mass is 272 g/mol. The minimum absolute atomic E-state index is 0.528. The molecule has 0 radical (unpaired) electrons. The third-order valence-corrected chi connectivity index (χ3v) is 4.62. The first-order chi connectivity index (χ1) is 9.04. The number of hydrogen-bond acceptors (Lipinski definition) is 3. The Hall–Kier alpha value is -1.65. The maximum Gasteiger partial charge on any atom is 0.102 e. The Morgan fingerprint density at radius 2 is 2.11 bits per heavy atom. The summed E-state index contributed by atoms with van der Waals surface area (Å²) in [6.07, 6.45) is 2.43. The van der Waals surface area contributed by atoms with Gasteiger partial charge in [0.15, 0.2) is 0 Å². The van der Waals surface area contributed by atoms with Crippen LogP contribution in [0.2, 0.25) is 0 Å². The second kappa shape index (κ2) is 4.47. The van der Waals surface area contributed by atoms with Crippen LogP contribution in [0.25, 0.3) is 10.1 Å². The van der Waals surface area contributed by atoms with E-state index in [0.29, 0.717) is 6.42 Å². The third kappa shape index (κ3) is 2.41. The van der Waals surface area contributed by atoms with Crippen molar-refractivity contribution in [2.45, 2.75) is 18.9 Å². The van der Waals surface area contributed by atoms with Crippen molar-refractivity contribution in [3.05, 3.63) is 53.2 Å². The van der Waals surface area contributed by atoms with Crippen LogP contribution in [0.4, 0.5) is 0 Å². The molecule has 0 saturated heterocycles. The van der Waals surface area contributed by atoms with Gasteiger partial charge in [0.2, 0.25) is 0 Å². The van der Waals surface area contributed by atoms with Crippen LogP contribution in [-0.2, 0) is 19.1 Å². The van der Waals surface area contributed by atoms with E-state index in [2.05, 4.69) is 23.3 Å². The Labute approximate surface area is 116 Å². The van der Waals surface area contributed by atoms with Gasteiger partial charge in [-0.2, -0.15) is 5.10 Å². The zero-order valence-electron chi connectivity index (χ0n) is 11.0. The van der Waals surface area contributed by atoms with E-state index < -0.39 is 5.60 Å². The minimum atomic E-state index is -0.877. The van der Waals surface area contributed by atoms with Gasteiger partial charge in [-0.15, -0.1) is 11.3 Å². The van der Waals surface area contributed by atoms with Crippen LogP contribution in [-0.4, -0.2) is 14.9 Å². The molecule has 0 aliphatic heterocycles. The molecule has 1 unspecified atom stereocenters. The summed E-state index contributed by atoms with van der Waals surface area (Å²) < 4.78 is 2.97. The van der Waals surface area contributed by atoms with Crippen LogP contribution >= 0.6 is 11.3 Å². The predicted molar refractivity (Wildman–Crippen MR) is 78.3 cm³/mol. The van der Waals surface area contributed by atoms with Gasteiger partial charge in [0, 0.05) is 29.2 Å². The van der Waals surface area contributed by atoms with E-state index in [9.17, 15) is 5.11 Å². The lowest BCUT2D eigenvalue weighted by molar-refractivity contribution is 0.0604. The van der Waals surface area contributed by atoms with Gasteiger partial charge in [0.1, 0.15) is 5.60 Å². The largest absolute Gasteiger partial charge is 0.384 e. The van der Waals surface area contributed by atoms with Gasteiger partial charge >= 0.3 is 0 Å². The van der Waals surface area contributed by atoms with E-state index >= 15 is 0 Å². The Morgan fingerprint density at radius 3 is 2.79 bits per heavy atom. The number of aliphatic hydroxyl groups is 1. The quantitative estimate of drug-likeness (QED) is 0.795. The number of aryl methyl sites for hydroxylation is 1. The fraction of sp³-hybridized carbons (Fsp3) is 0.267. The molecule has 0 aliphatic rings. The van der Waals surface area contributed by atoms with Gasteiger partial charge in [-0.25, -0.2) is 0 Å². The van der Waals surface area contributed by atoms with E-state index in [1.54, 1.807) is 16.0 Å². The number of nitrogens with zero attached hydrogens (tertiary/aromatic N) is 2. The highest BCUT2D eigenvalue weighted by Crippen LogP contribution is 2.34. The van der Waals surface area contributed by atoms with Gasteiger partial charge < -0.3 is 5.11 Å². The normalized spacial score (nSPS) is 14.7. The summed E-state index contributed by atoms with van der Waals surface area (Å²) in [5.41, 5.74) is 0.0304. The van der Waals surface area contributed by atoms with Crippen molar-refractivity contribution < 1.29 is 5.11 Å². The van der Waals surface area contributed by atoms with Crippen molar-refractivity contribution in [1.82, 2.24) is 9.78 Å². The molecule has 0 aliphatic carbocycles. The number of hydrogen-bond donors (Lipinski definition) is 1. The van der Waals surface area contributed by atoms with E-state index in [1.165, 1.54) is 10.1 Å². The Bertz CT molecular complexity index is 679. The molecule has 0 fully saturated rings. The molecule has 3 aromatic rings. The molecule has 98 valence electrons. The van der Waals surface area contributed by atoms with Crippen LogP contribution < -0.4 is 0 Å². The van der Waals surface area contributed by atoms with Crippen molar-refractivity contribution >= 4 is 21.4 Å². The number of aromatic nitrogens is 2. The molecule has 4 heteroatoms. The highest BCUT2D eigenvalue weighted by Gasteiger charge is 2.26. The molecule has 2 heterocycles. The molecular formula is C15H16N2OS. The van der Waals surface area contributed by atoms with Crippen LogP contribution in [0.5, 0.6) is 0 Å². The van der Waals surface area contributed by atoms with Gasteiger partial charge in [0.25, 0.3) is 0 Å². The molecule has 3 nitrogen and oxygen atoms in total. The summed E-state index contributed by atoms with van der Waals surface area (Å²) in [5.74, 6) is 0. The van der Waals surface area contributed by atoms with Crippen LogP contribution in [0.15, 0.2) is 42.6 Å². The maximum absolute atomic E-state index is 10.7. The molecule has 1 atom stereocenters. The summed E-state index contributed by atoms with van der Waals surface area (Å²) in [5, 5.41) is 16.2. The summed E-state index contributed by atoms with van der Waals surface area (Å²) in [6.45, 7) is 1.85. The highest BCUT2D eigenvalue weighted by atomic mass is 32.1. The van der Waals surface area contributed by atoms with Crippen molar-refractivity contribution in [3.8, 4) is 0 Å². The SMILES string of the molecule is Cn1ccc(CC(C)(O)c2cc3ccccc3s2)n1. The number of rotatable bonds is 3. The zero-order chi connectivity index (χ0) is 13.5. The first kappa shape index (κ1) is 12.4. The first-order valence-electron chi connectivity index (χ1n) is 6.24. The summed E-state index contributed by atoms with van der Waals surface area (Å²) >= 11 is 1.65. The van der Waals surface area contributed by atoms with Crippen LogP contribution in [0, 0.1) is 0 Å². The molecule has 0 saturated carbocycles. The van der Waals surface area contributed by atoms with Crippen molar-refractivity contribution in [2.75, 3.05) is 0 Å². The van der Waals surface area contributed by atoms with Gasteiger partial charge in [-0.3, -0.25) is 4.68 Å². The predicted octanol–water partition coefficient (Wildman–Crippen LogP) is 3.09. The second-order valence-corrected chi connectivity index (χ2v) is 6.16. The topological polar surface area (TPSA) is 38.0 Å². The molecule has 19 heavy (non-hydrogen) atoms. The lowest BCUT2D eigenvalue weighted by Crippen LogP contribution is -2.23. The average Bonchev–Trinajstić information content (AvgIpc) is 2.95. The fourth-order valence-electron chi connectivity index (χ4n) is 2.24. The molecule has 0 amide bonds.